The number of ketones is 1. The fourth-order valence-corrected chi connectivity index (χ4v) is 2.80. The predicted molar refractivity (Wildman–Crippen MR) is 103 cm³/mol. The fourth-order valence-electron chi connectivity index (χ4n) is 2.80. The highest BCUT2D eigenvalue weighted by Crippen LogP contribution is 2.19. The first-order valence-electron chi connectivity index (χ1n) is 8.80. The number of esters is 1. The van der Waals surface area contributed by atoms with Crippen molar-refractivity contribution in [2.45, 2.75) is 19.8 Å². The van der Waals surface area contributed by atoms with Crippen molar-refractivity contribution in [1.29, 1.82) is 0 Å². The Kier molecular flexibility index (Phi) is 5.69. The number of unbranched alkanes of at least 4 members (excludes halogenated alkanes) is 1. The third kappa shape index (κ3) is 3.94. The topological polar surface area (TPSA) is 71.2 Å². The quantitative estimate of drug-likeness (QED) is 0.358. The standard InChI is InChI=1S/C21H22N2O3/c1-2-3-12-22-19-11-7-5-9-16(19)21(25)26-14-20(24)17-13-23-18-10-6-4-8-15(17)18/h4-11,13,22-23H,2-3,12,14H2,1H3. The minimum absolute atomic E-state index is 0.229. The van der Waals surface area contributed by atoms with Crippen LogP contribution in [0.4, 0.5) is 5.69 Å². The van der Waals surface area contributed by atoms with Crippen LogP contribution in [0.1, 0.15) is 40.5 Å². The zero-order chi connectivity index (χ0) is 18.4. The molecule has 0 aliphatic rings. The van der Waals surface area contributed by atoms with E-state index < -0.39 is 5.97 Å². The summed E-state index contributed by atoms with van der Waals surface area (Å²) in [6, 6.07) is 14.7. The van der Waals surface area contributed by atoms with Crippen LogP contribution in [0.5, 0.6) is 0 Å². The Morgan fingerprint density at radius 2 is 1.81 bits per heavy atom. The van der Waals surface area contributed by atoms with Crippen LogP contribution in [-0.2, 0) is 4.74 Å². The summed E-state index contributed by atoms with van der Waals surface area (Å²) in [5.41, 5.74) is 2.58. The van der Waals surface area contributed by atoms with Crippen molar-refractivity contribution in [3.8, 4) is 0 Å². The maximum atomic E-state index is 12.4. The molecule has 0 spiro atoms. The van der Waals surface area contributed by atoms with Crippen LogP contribution in [0.15, 0.2) is 54.7 Å². The van der Waals surface area contributed by atoms with Gasteiger partial charge >= 0.3 is 5.97 Å². The number of benzene rings is 2. The molecule has 134 valence electrons. The number of anilines is 1. The first-order chi connectivity index (χ1) is 12.7. The second kappa shape index (κ2) is 8.34. The SMILES string of the molecule is CCCCNc1ccccc1C(=O)OCC(=O)c1c[nH]c2ccccc12. The van der Waals surface area contributed by atoms with E-state index in [1.165, 1.54) is 0 Å². The van der Waals surface area contributed by atoms with E-state index in [1.807, 2.05) is 36.4 Å². The molecule has 0 atom stereocenters. The third-order valence-corrected chi connectivity index (χ3v) is 4.22. The van der Waals surface area contributed by atoms with E-state index in [0.29, 0.717) is 11.1 Å². The van der Waals surface area contributed by atoms with Crippen molar-refractivity contribution < 1.29 is 14.3 Å². The van der Waals surface area contributed by atoms with Crippen LogP contribution in [-0.4, -0.2) is 29.9 Å². The average molecular weight is 350 g/mol. The van der Waals surface area contributed by atoms with E-state index in [-0.39, 0.29) is 12.4 Å². The molecule has 5 heteroatoms. The van der Waals surface area contributed by atoms with Gasteiger partial charge in [0, 0.05) is 34.9 Å². The van der Waals surface area contributed by atoms with Gasteiger partial charge in [0.2, 0.25) is 5.78 Å². The van der Waals surface area contributed by atoms with Gasteiger partial charge in [0.25, 0.3) is 0 Å². The van der Waals surface area contributed by atoms with Gasteiger partial charge in [0.15, 0.2) is 6.61 Å². The van der Waals surface area contributed by atoms with Crippen molar-refractivity contribution in [2.24, 2.45) is 0 Å². The number of para-hydroxylation sites is 2. The molecule has 0 bridgehead atoms. The molecule has 0 aliphatic heterocycles. The Balaban J connectivity index is 1.66. The molecule has 1 aromatic heterocycles. The highest BCUT2D eigenvalue weighted by atomic mass is 16.5. The molecule has 3 aromatic rings. The van der Waals surface area contributed by atoms with Gasteiger partial charge < -0.3 is 15.0 Å². The second-order valence-electron chi connectivity index (χ2n) is 6.07. The van der Waals surface area contributed by atoms with Crippen molar-refractivity contribution in [1.82, 2.24) is 4.98 Å². The molecular formula is C21H22N2O3. The van der Waals surface area contributed by atoms with Crippen LogP contribution < -0.4 is 5.32 Å². The lowest BCUT2D eigenvalue weighted by Gasteiger charge is -2.11. The van der Waals surface area contributed by atoms with Gasteiger partial charge in [-0.15, -0.1) is 0 Å². The molecular weight excluding hydrogens is 328 g/mol. The molecule has 26 heavy (non-hydrogen) atoms. The normalized spacial score (nSPS) is 10.7. The Bertz CT molecular complexity index is 914. The van der Waals surface area contributed by atoms with E-state index in [1.54, 1.807) is 18.3 Å². The molecule has 0 saturated heterocycles. The van der Waals surface area contributed by atoms with Crippen molar-refractivity contribution in [3.63, 3.8) is 0 Å². The van der Waals surface area contributed by atoms with Crippen LogP contribution in [0, 0.1) is 0 Å². The molecule has 0 aliphatic carbocycles. The predicted octanol–water partition coefficient (Wildman–Crippen LogP) is 4.42. The zero-order valence-electron chi connectivity index (χ0n) is 14.7. The molecule has 0 unspecified atom stereocenters. The molecule has 5 nitrogen and oxygen atoms in total. The number of carbonyl (C=O) groups excluding carboxylic acids is 2. The van der Waals surface area contributed by atoms with Gasteiger partial charge in [-0.1, -0.05) is 43.7 Å². The largest absolute Gasteiger partial charge is 0.454 e. The fraction of sp³-hybridized carbons (Fsp3) is 0.238. The number of rotatable bonds is 8. The van der Waals surface area contributed by atoms with Crippen LogP contribution in [0.3, 0.4) is 0 Å². The summed E-state index contributed by atoms with van der Waals surface area (Å²) < 4.78 is 5.27. The van der Waals surface area contributed by atoms with E-state index in [9.17, 15) is 9.59 Å². The number of hydrogen-bond donors (Lipinski definition) is 2. The number of fused-ring (bicyclic) bond motifs is 1. The van der Waals surface area contributed by atoms with E-state index in [0.717, 1.165) is 36.0 Å². The number of H-pyrrole nitrogens is 1. The van der Waals surface area contributed by atoms with Gasteiger partial charge in [-0.2, -0.15) is 0 Å². The number of aromatic amines is 1. The Morgan fingerprint density at radius 1 is 1.04 bits per heavy atom. The molecule has 0 amide bonds. The summed E-state index contributed by atoms with van der Waals surface area (Å²) in [5.74, 6) is -0.731. The first kappa shape index (κ1) is 17.7. The minimum atomic E-state index is -0.502. The summed E-state index contributed by atoms with van der Waals surface area (Å²) in [6.07, 6.45) is 3.74. The number of Topliss-reactive ketones (excluding diaryl/α,β-unsaturated/α-hetero) is 1. The molecule has 3 rings (SSSR count). The van der Waals surface area contributed by atoms with Crippen molar-refractivity contribution in [3.05, 3.63) is 65.9 Å². The van der Waals surface area contributed by atoms with Gasteiger partial charge in [-0.3, -0.25) is 4.79 Å². The Hall–Kier alpha value is -3.08. The summed E-state index contributed by atoms with van der Waals surface area (Å²) in [5, 5.41) is 4.07. The van der Waals surface area contributed by atoms with Crippen molar-refractivity contribution >= 4 is 28.3 Å². The van der Waals surface area contributed by atoms with Gasteiger partial charge in [0.1, 0.15) is 0 Å². The maximum Gasteiger partial charge on any atom is 0.340 e. The lowest BCUT2D eigenvalue weighted by molar-refractivity contribution is 0.0476. The zero-order valence-corrected chi connectivity index (χ0v) is 14.7. The van der Waals surface area contributed by atoms with Crippen LogP contribution in [0.2, 0.25) is 0 Å². The lowest BCUT2D eigenvalue weighted by Crippen LogP contribution is -2.16. The van der Waals surface area contributed by atoms with E-state index >= 15 is 0 Å². The first-order valence-corrected chi connectivity index (χ1v) is 8.80. The number of nitrogens with one attached hydrogen (secondary N) is 2. The summed E-state index contributed by atoms with van der Waals surface area (Å²) in [4.78, 5) is 27.9. The number of hydrogen-bond acceptors (Lipinski definition) is 4. The molecule has 2 N–H and O–H groups in total. The number of ether oxygens (including phenoxy) is 1. The van der Waals surface area contributed by atoms with Gasteiger partial charge in [0.05, 0.1) is 5.56 Å². The van der Waals surface area contributed by atoms with E-state index in [2.05, 4.69) is 17.2 Å². The smallest absolute Gasteiger partial charge is 0.340 e. The molecule has 0 saturated carbocycles. The molecule has 0 fully saturated rings. The molecule has 1 heterocycles. The molecule has 0 radical (unpaired) electrons. The van der Waals surface area contributed by atoms with Crippen LogP contribution in [0.25, 0.3) is 10.9 Å². The highest BCUT2D eigenvalue weighted by Gasteiger charge is 2.17. The Morgan fingerprint density at radius 3 is 2.65 bits per heavy atom. The Labute approximate surface area is 152 Å². The van der Waals surface area contributed by atoms with Crippen molar-refractivity contribution in [2.75, 3.05) is 18.5 Å². The third-order valence-electron chi connectivity index (χ3n) is 4.22. The average Bonchev–Trinajstić information content (AvgIpc) is 3.11. The second-order valence-corrected chi connectivity index (χ2v) is 6.07. The summed E-state index contributed by atoms with van der Waals surface area (Å²) >= 11 is 0. The monoisotopic (exact) mass is 350 g/mol. The lowest BCUT2D eigenvalue weighted by atomic mass is 10.1. The maximum absolute atomic E-state index is 12.4. The summed E-state index contributed by atoms with van der Waals surface area (Å²) in [6.45, 7) is 2.61. The highest BCUT2D eigenvalue weighted by molar-refractivity contribution is 6.09. The van der Waals surface area contributed by atoms with Crippen LogP contribution >= 0.6 is 0 Å². The number of carbonyl (C=O) groups is 2. The van der Waals surface area contributed by atoms with Gasteiger partial charge in [-0.25, -0.2) is 4.79 Å². The number of aromatic nitrogens is 1. The van der Waals surface area contributed by atoms with E-state index in [4.69, 9.17) is 4.74 Å². The minimum Gasteiger partial charge on any atom is -0.454 e. The molecule has 2 aromatic carbocycles. The summed E-state index contributed by atoms with van der Waals surface area (Å²) in [7, 11) is 0. The van der Waals surface area contributed by atoms with Gasteiger partial charge in [-0.05, 0) is 24.6 Å².